The summed E-state index contributed by atoms with van der Waals surface area (Å²) in [4.78, 5) is 23.2. The molecule has 6 nitrogen and oxygen atoms in total. The zero-order valence-electron chi connectivity index (χ0n) is 12.6. The third-order valence-corrected chi connectivity index (χ3v) is 3.02. The molecule has 0 saturated carbocycles. The van der Waals surface area contributed by atoms with E-state index in [1.165, 1.54) is 0 Å². The van der Waals surface area contributed by atoms with Crippen molar-refractivity contribution in [2.45, 2.75) is 12.5 Å². The highest BCUT2D eigenvalue weighted by Gasteiger charge is 2.11. The Bertz CT molecular complexity index is 632. The summed E-state index contributed by atoms with van der Waals surface area (Å²) in [6.07, 6.45) is -0.244. The number of anilines is 1. The molecular formula is C17H19N3O3. The minimum atomic E-state index is -0.832. The highest BCUT2D eigenvalue weighted by molar-refractivity contribution is 5.98. The van der Waals surface area contributed by atoms with Gasteiger partial charge in [-0.3, -0.25) is 0 Å². The third-order valence-electron chi connectivity index (χ3n) is 3.02. The van der Waals surface area contributed by atoms with E-state index in [1.807, 2.05) is 36.4 Å². The monoisotopic (exact) mass is 313 g/mol. The Morgan fingerprint density at radius 1 is 1.00 bits per heavy atom. The average molecular weight is 313 g/mol. The fraction of sp³-hybridized carbons (Fsp3) is 0.176. The molecule has 0 aromatic heterocycles. The molecule has 0 saturated heterocycles. The standard InChI is InChI=1S/C17H19N3O3/c18-14(11-13-7-3-1-4-8-13)12-23-17(22)20-16(21)19-15-9-5-2-6-10-15/h1-10,14H,11-12,18H2,(H2,19,20,21,22). The van der Waals surface area contributed by atoms with Crippen LogP contribution in [0.1, 0.15) is 5.56 Å². The Morgan fingerprint density at radius 2 is 1.61 bits per heavy atom. The number of benzene rings is 2. The third kappa shape index (κ3) is 6.19. The van der Waals surface area contributed by atoms with Gasteiger partial charge < -0.3 is 15.8 Å². The number of ether oxygens (including phenoxy) is 1. The molecule has 1 atom stereocenters. The normalized spacial score (nSPS) is 11.3. The van der Waals surface area contributed by atoms with Crippen molar-refractivity contribution in [3.63, 3.8) is 0 Å². The first-order valence-electron chi connectivity index (χ1n) is 7.23. The van der Waals surface area contributed by atoms with Crippen molar-refractivity contribution < 1.29 is 14.3 Å². The largest absolute Gasteiger partial charge is 0.448 e. The molecule has 0 aliphatic carbocycles. The second-order valence-electron chi connectivity index (χ2n) is 4.99. The van der Waals surface area contributed by atoms with Crippen LogP contribution in [0.2, 0.25) is 0 Å². The highest BCUT2D eigenvalue weighted by atomic mass is 16.5. The van der Waals surface area contributed by atoms with E-state index in [0.29, 0.717) is 12.1 Å². The lowest BCUT2D eigenvalue weighted by molar-refractivity contribution is 0.141. The van der Waals surface area contributed by atoms with Gasteiger partial charge in [0, 0.05) is 11.7 Å². The molecule has 1 unspecified atom stereocenters. The number of hydrogen-bond acceptors (Lipinski definition) is 4. The lowest BCUT2D eigenvalue weighted by Gasteiger charge is -2.12. The van der Waals surface area contributed by atoms with Gasteiger partial charge in [0.2, 0.25) is 0 Å². The van der Waals surface area contributed by atoms with E-state index in [1.54, 1.807) is 24.3 Å². The van der Waals surface area contributed by atoms with E-state index in [0.717, 1.165) is 5.56 Å². The summed E-state index contributed by atoms with van der Waals surface area (Å²) < 4.78 is 4.95. The lowest BCUT2D eigenvalue weighted by atomic mass is 10.1. The van der Waals surface area contributed by atoms with Crippen LogP contribution in [-0.2, 0) is 11.2 Å². The summed E-state index contributed by atoms with van der Waals surface area (Å²) in [5, 5.41) is 4.60. The Balaban J connectivity index is 1.69. The first-order chi connectivity index (χ1) is 11.1. The average Bonchev–Trinajstić information content (AvgIpc) is 2.55. The highest BCUT2D eigenvalue weighted by Crippen LogP contribution is 2.04. The fourth-order valence-electron chi connectivity index (χ4n) is 1.97. The molecular weight excluding hydrogens is 294 g/mol. The molecule has 0 bridgehead atoms. The lowest BCUT2D eigenvalue weighted by Crippen LogP contribution is -2.38. The number of carbonyl (C=O) groups excluding carboxylic acids is 2. The van der Waals surface area contributed by atoms with Crippen LogP contribution >= 0.6 is 0 Å². The maximum Gasteiger partial charge on any atom is 0.415 e. The maximum atomic E-state index is 11.6. The Hall–Kier alpha value is -2.86. The van der Waals surface area contributed by atoms with E-state index in [2.05, 4.69) is 10.6 Å². The van der Waals surface area contributed by atoms with Crippen molar-refractivity contribution in [1.82, 2.24) is 5.32 Å². The second-order valence-corrected chi connectivity index (χ2v) is 4.99. The molecule has 6 heteroatoms. The smallest absolute Gasteiger partial charge is 0.415 e. The number of para-hydroxylation sites is 1. The van der Waals surface area contributed by atoms with Crippen molar-refractivity contribution >= 4 is 17.8 Å². The first kappa shape index (κ1) is 16.5. The molecule has 0 aliphatic heterocycles. The topological polar surface area (TPSA) is 93.4 Å². The van der Waals surface area contributed by atoms with Gasteiger partial charge >= 0.3 is 12.1 Å². The second kappa shape index (κ2) is 8.55. The van der Waals surface area contributed by atoms with Crippen molar-refractivity contribution in [3.8, 4) is 0 Å². The predicted molar refractivity (Wildman–Crippen MR) is 88.1 cm³/mol. The minimum Gasteiger partial charge on any atom is -0.448 e. The van der Waals surface area contributed by atoms with Gasteiger partial charge in [-0.2, -0.15) is 0 Å². The molecule has 0 aliphatic rings. The summed E-state index contributed by atoms with van der Waals surface area (Å²) >= 11 is 0. The van der Waals surface area contributed by atoms with E-state index in [9.17, 15) is 9.59 Å². The summed E-state index contributed by atoms with van der Waals surface area (Å²) in [7, 11) is 0. The summed E-state index contributed by atoms with van der Waals surface area (Å²) in [6, 6.07) is 17.5. The summed E-state index contributed by atoms with van der Waals surface area (Å²) in [5.41, 5.74) is 7.55. The predicted octanol–water partition coefficient (Wildman–Crippen LogP) is 2.51. The van der Waals surface area contributed by atoms with Crippen LogP contribution in [0.3, 0.4) is 0 Å². The van der Waals surface area contributed by atoms with E-state index in [4.69, 9.17) is 10.5 Å². The molecule has 4 N–H and O–H groups in total. The zero-order chi connectivity index (χ0) is 16.5. The van der Waals surface area contributed by atoms with Gasteiger partial charge in [0.15, 0.2) is 0 Å². The van der Waals surface area contributed by atoms with Gasteiger partial charge in [-0.1, -0.05) is 48.5 Å². The van der Waals surface area contributed by atoms with Crippen LogP contribution in [-0.4, -0.2) is 24.8 Å². The Labute approximate surface area is 134 Å². The number of imide groups is 1. The number of hydrogen-bond donors (Lipinski definition) is 3. The number of alkyl carbamates (subject to hydrolysis) is 1. The Kier molecular flexibility index (Phi) is 6.14. The fourth-order valence-corrected chi connectivity index (χ4v) is 1.97. The van der Waals surface area contributed by atoms with Crippen molar-refractivity contribution in [2.75, 3.05) is 11.9 Å². The maximum absolute atomic E-state index is 11.6. The molecule has 2 aromatic carbocycles. The van der Waals surface area contributed by atoms with Crippen molar-refractivity contribution in [2.24, 2.45) is 5.73 Å². The number of nitrogens with one attached hydrogen (secondary N) is 2. The van der Waals surface area contributed by atoms with E-state index < -0.39 is 12.1 Å². The van der Waals surface area contributed by atoms with Crippen molar-refractivity contribution in [3.05, 3.63) is 66.2 Å². The molecule has 0 radical (unpaired) electrons. The van der Waals surface area contributed by atoms with Gasteiger partial charge in [-0.15, -0.1) is 0 Å². The summed E-state index contributed by atoms with van der Waals surface area (Å²) in [6.45, 7) is 0.0271. The van der Waals surface area contributed by atoms with Gasteiger partial charge in [0.1, 0.15) is 6.61 Å². The van der Waals surface area contributed by atoms with Gasteiger partial charge in [-0.25, -0.2) is 14.9 Å². The van der Waals surface area contributed by atoms with Crippen LogP contribution in [0.4, 0.5) is 15.3 Å². The van der Waals surface area contributed by atoms with Crippen molar-refractivity contribution in [1.29, 1.82) is 0 Å². The summed E-state index contributed by atoms with van der Waals surface area (Å²) in [5.74, 6) is 0. The number of nitrogens with two attached hydrogens (primary N) is 1. The quantitative estimate of drug-likeness (QED) is 0.790. The number of amides is 3. The van der Waals surface area contributed by atoms with E-state index in [-0.39, 0.29) is 12.6 Å². The van der Waals surface area contributed by atoms with Crippen LogP contribution in [0, 0.1) is 0 Å². The van der Waals surface area contributed by atoms with Crippen LogP contribution in [0.5, 0.6) is 0 Å². The Morgan fingerprint density at radius 3 is 2.26 bits per heavy atom. The SMILES string of the molecule is NC(COC(=O)NC(=O)Nc1ccccc1)Cc1ccccc1. The van der Waals surface area contributed by atoms with Gasteiger partial charge in [0.05, 0.1) is 0 Å². The van der Waals surface area contributed by atoms with Crippen LogP contribution in [0.15, 0.2) is 60.7 Å². The molecule has 120 valence electrons. The molecule has 2 aromatic rings. The molecule has 0 spiro atoms. The number of urea groups is 1. The van der Waals surface area contributed by atoms with Gasteiger partial charge in [0.25, 0.3) is 0 Å². The van der Waals surface area contributed by atoms with E-state index >= 15 is 0 Å². The van der Waals surface area contributed by atoms with Crippen LogP contribution < -0.4 is 16.4 Å². The molecule has 0 fully saturated rings. The molecule has 3 amide bonds. The zero-order valence-corrected chi connectivity index (χ0v) is 12.6. The molecule has 0 heterocycles. The number of carbonyl (C=O) groups is 2. The van der Waals surface area contributed by atoms with Crippen LogP contribution in [0.25, 0.3) is 0 Å². The number of rotatable bonds is 5. The minimum absolute atomic E-state index is 0.0271. The molecule has 2 rings (SSSR count). The first-order valence-corrected chi connectivity index (χ1v) is 7.23. The molecule has 23 heavy (non-hydrogen) atoms. The van der Waals surface area contributed by atoms with Gasteiger partial charge in [-0.05, 0) is 24.1 Å².